The molecule has 0 radical (unpaired) electrons. The molecule has 3 aromatic rings. The second kappa shape index (κ2) is 11.9. The maximum atomic E-state index is 13.5. The summed E-state index contributed by atoms with van der Waals surface area (Å²) in [6.45, 7) is 7.23. The SMILES string of the molecule is COC[C@H](C)n1c(NS(=O)(=O)[C@@H](C)[C@@H](OC(C)C)c2ncc(Cl)cn2)nnc1-c1cccc(OC)n1. The Morgan fingerprint density at radius 1 is 1.08 bits per heavy atom. The Morgan fingerprint density at radius 3 is 2.39 bits per heavy atom. The number of anilines is 1. The first-order chi connectivity index (χ1) is 17.1. The first-order valence-electron chi connectivity index (χ1n) is 11.2. The molecule has 0 amide bonds. The zero-order valence-corrected chi connectivity index (χ0v) is 22.5. The van der Waals surface area contributed by atoms with E-state index in [9.17, 15) is 8.42 Å². The highest BCUT2D eigenvalue weighted by atomic mass is 35.5. The summed E-state index contributed by atoms with van der Waals surface area (Å²) in [5.74, 6) is 0.932. The van der Waals surface area contributed by atoms with Gasteiger partial charge in [0, 0.05) is 25.6 Å². The lowest BCUT2D eigenvalue weighted by molar-refractivity contribution is 0.00154. The molecule has 3 atom stereocenters. The van der Waals surface area contributed by atoms with E-state index >= 15 is 0 Å². The normalized spacial score (nSPS) is 14.4. The number of aromatic nitrogens is 6. The first kappa shape index (κ1) is 27.7. The molecular formula is C22H30ClN7O5S. The lowest BCUT2D eigenvalue weighted by Gasteiger charge is -2.26. The molecule has 0 aliphatic carbocycles. The number of hydrogen-bond acceptors (Lipinski definition) is 10. The topological polar surface area (TPSA) is 143 Å². The van der Waals surface area contributed by atoms with Gasteiger partial charge in [-0.05, 0) is 33.8 Å². The van der Waals surface area contributed by atoms with Gasteiger partial charge in [-0.2, -0.15) is 0 Å². The molecule has 14 heteroatoms. The minimum absolute atomic E-state index is 0.00587. The van der Waals surface area contributed by atoms with Crippen molar-refractivity contribution in [2.45, 2.75) is 51.2 Å². The van der Waals surface area contributed by atoms with Crippen LogP contribution in [0, 0.1) is 0 Å². The second-order valence-corrected chi connectivity index (χ2v) is 10.8. The molecule has 196 valence electrons. The second-order valence-electron chi connectivity index (χ2n) is 8.30. The summed E-state index contributed by atoms with van der Waals surface area (Å²) in [5, 5.41) is 7.57. The first-order valence-corrected chi connectivity index (χ1v) is 13.1. The van der Waals surface area contributed by atoms with Gasteiger partial charge >= 0.3 is 0 Å². The van der Waals surface area contributed by atoms with E-state index in [0.29, 0.717) is 22.4 Å². The third kappa shape index (κ3) is 6.46. The van der Waals surface area contributed by atoms with Crippen molar-refractivity contribution in [1.29, 1.82) is 0 Å². The molecule has 0 saturated carbocycles. The fraction of sp³-hybridized carbons (Fsp3) is 0.500. The maximum Gasteiger partial charge on any atom is 0.240 e. The van der Waals surface area contributed by atoms with Gasteiger partial charge in [0.1, 0.15) is 17.0 Å². The molecule has 0 bridgehead atoms. The van der Waals surface area contributed by atoms with Gasteiger partial charge in [0.2, 0.25) is 21.9 Å². The van der Waals surface area contributed by atoms with E-state index in [-0.39, 0.29) is 30.5 Å². The molecule has 0 aliphatic heterocycles. The van der Waals surface area contributed by atoms with Gasteiger partial charge in [-0.15, -0.1) is 10.2 Å². The van der Waals surface area contributed by atoms with Crippen LogP contribution in [0.5, 0.6) is 5.88 Å². The fourth-order valence-corrected chi connectivity index (χ4v) is 4.64. The number of sulfonamides is 1. The van der Waals surface area contributed by atoms with Gasteiger partial charge < -0.3 is 14.2 Å². The Bertz CT molecular complexity index is 1250. The minimum atomic E-state index is -4.07. The summed E-state index contributed by atoms with van der Waals surface area (Å²) in [6, 6.07) is 4.85. The van der Waals surface area contributed by atoms with Crippen LogP contribution in [0.25, 0.3) is 11.5 Å². The summed E-state index contributed by atoms with van der Waals surface area (Å²) < 4.78 is 47.6. The Kier molecular flexibility index (Phi) is 9.17. The lowest BCUT2D eigenvalue weighted by Crippen LogP contribution is -2.35. The highest BCUT2D eigenvalue weighted by molar-refractivity contribution is 7.93. The third-order valence-electron chi connectivity index (χ3n) is 5.17. The van der Waals surface area contributed by atoms with Crippen LogP contribution in [0.15, 0.2) is 30.6 Å². The Morgan fingerprint density at radius 2 is 1.78 bits per heavy atom. The molecule has 12 nitrogen and oxygen atoms in total. The van der Waals surface area contributed by atoms with Crippen LogP contribution < -0.4 is 9.46 Å². The highest BCUT2D eigenvalue weighted by Gasteiger charge is 2.36. The Labute approximate surface area is 215 Å². The highest BCUT2D eigenvalue weighted by Crippen LogP contribution is 2.29. The van der Waals surface area contributed by atoms with E-state index in [1.807, 2.05) is 6.92 Å². The van der Waals surface area contributed by atoms with E-state index in [0.717, 1.165) is 0 Å². The lowest BCUT2D eigenvalue weighted by atomic mass is 10.2. The number of nitrogens with one attached hydrogen (secondary N) is 1. The fourth-order valence-electron chi connectivity index (χ4n) is 3.45. The number of hydrogen-bond donors (Lipinski definition) is 1. The van der Waals surface area contributed by atoms with E-state index in [2.05, 4.69) is 29.9 Å². The Hall–Kier alpha value is -2.87. The van der Waals surface area contributed by atoms with Gasteiger partial charge in [0.25, 0.3) is 0 Å². The number of rotatable bonds is 12. The molecule has 0 fully saturated rings. The van der Waals surface area contributed by atoms with Crippen molar-refractivity contribution in [2.24, 2.45) is 0 Å². The molecule has 36 heavy (non-hydrogen) atoms. The van der Waals surface area contributed by atoms with Crippen LogP contribution in [0.4, 0.5) is 5.95 Å². The average molecular weight is 540 g/mol. The van der Waals surface area contributed by atoms with Crippen molar-refractivity contribution >= 4 is 27.6 Å². The van der Waals surface area contributed by atoms with Crippen molar-refractivity contribution in [3.8, 4) is 17.4 Å². The number of nitrogens with zero attached hydrogens (tertiary/aromatic N) is 6. The third-order valence-corrected chi connectivity index (χ3v) is 7.06. The maximum absolute atomic E-state index is 13.5. The van der Waals surface area contributed by atoms with Crippen molar-refractivity contribution in [3.05, 3.63) is 41.4 Å². The predicted octanol–water partition coefficient (Wildman–Crippen LogP) is 3.30. The molecule has 0 unspecified atom stereocenters. The largest absolute Gasteiger partial charge is 0.481 e. The smallest absolute Gasteiger partial charge is 0.240 e. The number of ether oxygens (including phenoxy) is 3. The van der Waals surface area contributed by atoms with Crippen molar-refractivity contribution in [1.82, 2.24) is 29.7 Å². The number of halogens is 1. The van der Waals surface area contributed by atoms with Crippen molar-refractivity contribution < 1.29 is 22.6 Å². The summed E-state index contributed by atoms with van der Waals surface area (Å²) in [7, 11) is -1.01. The summed E-state index contributed by atoms with van der Waals surface area (Å²) in [4.78, 5) is 12.8. The summed E-state index contributed by atoms with van der Waals surface area (Å²) in [6.07, 6.45) is 1.53. The van der Waals surface area contributed by atoms with Crippen LogP contribution in [0.1, 0.15) is 45.7 Å². The van der Waals surface area contributed by atoms with Crippen LogP contribution >= 0.6 is 11.6 Å². The average Bonchev–Trinajstić information content (AvgIpc) is 3.25. The van der Waals surface area contributed by atoms with Gasteiger partial charge in [0.15, 0.2) is 11.6 Å². The van der Waals surface area contributed by atoms with Crippen molar-refractivity contribution in [3.63, 3.8) is 0 Å². The molecule has 0 aromatic carbocycles. The molecule has 3 heterocycles. The molecular weight excluding hydrogens is 510 g/mol. The van der Waals surface area contributed by atoms with Gasteiger partial charge in [0.05, 0.1) is 30.9 Å². The minimum Gasteiger partial charge on any atom is -0.481 e. The van der Waals surface area contributed by atoms with Crippen LogP contribution in [0.2, 0.25) is 5.02 Å². The van der Waals surface area contributed by atoms with E-state index < -0.39 is 21.4 Å². The molecule has 1 N–H and O–H groups in total. The monoisotopic (exact) mass is 539 g/mol. The number of methoxy groups -OCH3 is 2. The molecule has 3 aromatic heterocycles. The van der Waals surface area contributed by atoms with Gasteiger partial charge in [-0.3, -0.25) is 9.29 Å². The quantitative estimate of drug-likeness (QED) is 0.364. The molecule has 0 saturated heterocycles. The number of pyridine rings is 1. The zero-order chi connectivity index (χ0) is 26.5. The zero-order valence-electron chi connectivity index (χ0n) is 20.9. The van der Waals surface area contributed by atoms with Crippen LogP contribution in [0.3, 0.4) is 0 Å². The van der Waals surface area contributed by atoms with Crippen LogP contribution in [-0.2, 0) is 19.5 Å². The summed E-state index contributed by atoms with van der Waals surface area (Å²) >= 11 is 5.91. The van der Waals surface area contributed by atoms with Gasteiger partial charge in [-0.25, -0.2) is 23.4 Å². The molecule has 0 spiro atoms. The van der Waals surface area contributed by atoms with E-state index in [4.69, 9.17) is 25.8 Å². The standard InChI is InChI=1S/C22H30ClN7O5S/c1-13(2)35-19(20-24-10-16(23)11-25-20)15(4)36(31,32)29-22-28-27-21(30(22)14(3)12-33-5)17-8-7-9-18(26-17)34-6/h7-11,13-15,19H,12H2,1-6H3,(H,28,29)/t14-,15-,19+/m0/s1. The predicted molar refractivity (Wildman–Crippen MR) is 134 cm³/mol. The van der Waals surface area contributed by atoms with E-state index in [1.54, 1.807) is 43.7 Å². The Balaban J connectivity index is 2.00. The van der Waals surface area contributed by atoms with Crippen LogP contribution in [-0.4, -0.2) is 70.3 Å². The molecule has 3 rings (SSSR count). The van der Waals surface area contributed by atoms with E-state index in [1.165, 1.54) is 26.4 Å². The summed E-state index contributed by atoms with van der Waals surface area (Å²) in [5.41, 5.74) is 0.457. The molecule has 0 aliphatic rings. The van der Waals surface area contributed by atoms with Gasteiger partial charge in [-0.1, -0.05) is 17.7 Å². The van der Waals surface area contributed by atoms with Crippen molar-refractivity contribution in [2.75, 3.05) is 25.5 Å².